The van der Waals surface area contributed by atoms with Gasteiger partial charge in [0.25, 0.3) is 0 Å². The van der Waals surface area contributed by atoms with E-state index in [-0.39, 0.29) is 11.8 Å². The number of rotatable bonds is 4. The Kier molecular flexibility index (Phi) is 4.37. The number of aryl methyl sites for hydroxylation is 1. The fourth-order valence-corrected chi connectivity index (χ4v) is 2.89. The van der Waals surface area contributed by atoms with Crippen LogP contribution in [-0.4, -0.2) is 23.3 Å². The molecule has 0 saturated heterocycles. The minimum Gasteiger partial charge on any atom is -0.324 e. The van der Waals surface area contributed by atoms with Crippen LogP contribution in [0.5, 0.6) is 0 Å². The smallest absolute Gasteiger partial charge is 0.224 e. The first-order valence-electron chi connectivity index (χ1n) is 7.74. The first-order chi connectivity index (χ1) is 11.1. The number of hydrogen-bond donors (Lipinski definition) is 1. The third kappa shape index (κ3) is 3.39. The molecular formula is C18H19N3O2. The summed E-state index contributed by atoms with van der Waals surface area (Å²) in [6.45, 7) is 2.23. The molecule has 0 aliphatic carbocycles. The SMILES string of the molecule is CC(=O)N1CCc2cccc(NC(=O)CCc3cccnc3)c21. The summed E-state index contributed by atoms with van der Waals surface area (Å²) in [6, 6.07) is 9.59. The number of para-hydroxylation sites is 1. The molecule has 2 amide bonds. The van der Waals surface area contributed by atoms with Crippen LogP contribution < -0.4 is 10.2 Å². The molecule has 118 valence electrons. The van der Waals surface area contributed by atoms with Gasteiger partial charge in [-0.25, -0.2) is 0 Å². The second-order valence-electron chi connectivity index (χ2n) is 5.64. The van der Waals surface area contributed by atoms with Crippen LogP contribution >= 0.6 is 0 Å². The summed E-state index contributed by atoms with van der Waals surface area (Å²) in [5, 5.41) is 2.94. The molecule has 2 aromatic rings. The molecule has 0 saturated carbocycles. The zero-order valence-electron chi connectivity index (χ0n) is 13.1. The van der Waals surface area contributed by atoms with Crippen molar-refractivity contribution in [1.82, 2.24) is 4.98 Å². The summed E-state index contributed by atoms with van der Waals surface area (Å²) in [4.78, 5) is 29.8. The van der Waals surface area contributed by atoms with Crippen LogP contribution in [0.3, 0.4) is 0 Å². The summed E-state index contributed by atoms with van der Waals surface area (Å²) in [6.07, 6.45) is 5.34. The standard InChI is InChI=1S/C18H19N3O2/c1-13(22)21-11-9-15-5-2-6-16(18(15)21)20-17(23)8-7-14-4-3-10-19-12-14/h2-6,10,12H,7-9,11H2,1H3,(H,20,23). The molecule has 0 bridgehead atoms. The zero-order valence-corrected chi connectivity index (χ0v) is 13.1. The summed E-state index contributed by atoms with van der Waals surface area (Å²) in [5.41, 5.74) is 3.69. The van der Waals surface area contributed by atoms with E-state index in [2.05, 4.69) is 10.3 Å². The van der Waals surface area contributed by atoms with Gasteiger partial charge < -0.3 is 10.2 Å². The first-order valence-corrected chi connectivity index (χ1v) is 7.74. The Labute approximate surface area is 135 Å². The molecule has 3 rings (SSSR count). The van der Waals surface area contributed by atoms with Gasteiger partial charge in [0, 0.05) is 32.3 Å². The van der Waals surface area contributed by atoms with Crippen LogP contribution in [0.15, 0.2) is 42.7 Å². The van der Waals surface area contributed by atoms with Crippen molar-refractivity contribution in [3.05, 3.63) is 53.9 Å². The Morgan fingerprint density at radius 2 is 2.13 bits per heavy atom. The average Bonchev–Trinajstić information content (AvgIpc) is 2.99. The molecule has 0 radical (unpaired) electrons. The fraction of sp³-hybridized carbons (Fsp3) is 0.278. The summed E-state index contributed by atoms with van der Waals surface area (Å²) in [5.74, 6) is -0.0570. The maximum absolute atomic E-state index is 12.2. The molecule has 0 fully saturated rings. The van der Waals surface area contributed by atoms with Crippen LogP contribution in [0.2, 0.25) is 0 Å². The largest absolute Gasteiger partial charge is 0.324 e. The highest BCUT2D eigenvalue weighted by Crippen LogP contribution is 2.35. The predicted octanol–water partition coefficient (Wildman–Crippen LogP) is 2.56. The van der Waals surface area contributed by atoms with Gasteiger partial charge >= 0.3 is 0 Å². The van der Waals surface area contributed by atoms with Gasteiger partial charge in [-0.05, 0) is 36.1 Å². The number of fused-ring (bicyclic) bond motifs is 1. The normalized spacial score (nSPS) is 12.8. The molecule has 1 aliphatic heterocycles. The Morgan fingerprint density at radius 3 is 2.87 bits per heavy atom. The van der Waals surface area contributed by atoms with Crippen molar-refractivity contribution >= 4 is 23.2 Å². The molecule has 1 N–H and O–H groups in total. The lowest BCUT2D eigenvalue weighted by atomic mass is 10.1. The van der Waals surface area contributed by atoms with Crippen LogP contribution in [0.4, 0.5) is 11.4 Å². The first kappa shape index (κ1) is 15.2. The van der Waals surface area contributed by atoms with Crippen LogP contribution in [0.25, 0.3) is 0 Å². The second kappa shape index (κ2) is 6.60. The number of carbonyl (C=O) groups excluding carboxylic acids is 2. The van der Waals surface area contributed by atoms with E-state index in [0.717, 1.165) is 23.2 Å². The van der Waals surface area contributed by atoms with Crippen molar-refractivity contribution < 1.29 is 9.59 Å². The molecule has 1 aromatic carbocycles. The predicted molar refractivity (Wildman–Crippen MR) is 89.4 cm³/mol. The number of nitrogens with zero attached hydrogens (tertiary/aromatic N) is 2. The quantitative estimate of drug-likeness (QED) is 0.944. The van der Waals surface area contributed by atoms with Crippen molar-refractivity contribution in [2.45, 2.75) is 26.2 Å². The van der Waals surface area contributed by atoms with Crippen LogP contribution in [0.1, 0.15) is 24.5 Å². The molecule has 0 unspecified atom stereocenters. The number of nitrogens with one attached hydrogen (secondary N) is 1. The Balaban J connectivity index is 1.70. The van der Waals surface area contributed by atoms with Gasteiger partial charge in [0.1, 0.15) is 0 Å². The molecule has 0 spiro atoms. The minimum absolute atomic E-state index is 0.000749. The number of anilines is 2. The van der Waals surface area contributed by atoms with Crippen molar-refractivity contribution in [3.63, 3.8) is 0 Å². The zero-order chi connectivity index (χ0) is 16.2. The lowest BCUT2D eigenvalue weighted by Gasteiger charge is -2.19. The summed E-state index contributed by atoms with van der Waals surface area (Å²) < 4.78 is 0. The van der Waals surface area contributed by atoms with E-state index in [9.17, 15) is 9.59 Å². The van der Waals surface area contributed by atoms with E-state index >= 15 is 0 Å². The minimum atomic E-state index is -0.0577. The Hall–Kier alpha value is -2.69. The maximum atomic E-state index is 12.2. The molecule has 0 atom stereocenters. The number of hydrogen-bond acceptors (Lipinski definition) is 3. The number of carbonyl (C=O) groups is 2. The number of benzene rings is 1. The van der Waals surface area contributed by atoms with Gasteiger partial charge in [0.2, 0.25) is 11.8 Å². The highest BCUT2D eigenvalue weighted by atomic mass is 16.2. The van der Waals surface area contributed by atoms with Crippen molar-refractivity contribution in [2.24, 2.45) is 0 Å². The van der Waals surface area contributed by atoms with Gasteiger partial charge in [-0.3, -0.25) is 14.6 Å². The number of aromatic nitrogens is 1. The topological polar surface area (TPSA) is 62.3 Å². The van der Waals surface area contributed by atoms with Crippen LogP contribution in [0, 0.1) is 0 Å². The van der Waals surface area contributed by atoms with E-state index in [1.165, 1.54) is 0 Å². The number of amides is 2. The fourth-order valence-electron chi connectivity index (χ4n) is 2.89. The lowest BCUT2D eigenvalue weighted by molar-refractivity contribution is -0.117. The molecule has 23 heavy (non-hydrogen) atoms. The van der Waals surface area contributed by atoms with Crippen molar-refractivity contribution in [3.8, 4) is 0 Å². The molecule has 5 heteroatoms. The molecule has 1 aromatic heterocycles. The van der Waals surface area contributed by atoms with Gasteiger partial charge in [0.05, 0.1) is 11.4 Å². The van der Waals surface area contributed by atoms with E-state index in [1.807, 2.05) is 30.3 Å². The van der Waals surface area contributed by atoms with Gasteiger partial charge in [0.15, 0.2) is 0 Å². The molecule has 5 nitrogen and oxygen atoms in total. The Morgan fingerprint density at radius 1 is 1.26 bits per heavy atom. The number of pyridine rings is 1. The summed E-state index contributed by atoms with van der Waals surface area (Å²) in [7, 11) is 0. The third-order valence-corrected chi connectivity index (χ3v) is 4.01. The highest BCUT2D eigenvalue weighted by molar-refractivity contribution is 6.02. The van der Waals surface area contributed by atoms with Crippen molar-refractivity contribution in [2.75, 3.05) is 16.8 Å². The highest BCUT2D eigenvalue weighted by Gasteiger charge is 2.25. The summed E-state index contributed by atoms with van der Waals surface area (Å²) >= 11 is 0. The van der Waals surface area contributed by atoms with Gasteiger partial charge in [-0.1, -0.05) is 18.2 Å². The maximum Gasteiger partial charge on any atom is 0.224 e. The van der Waals surface area contributed by atoms with Crippen molar-refractivity contribution in [1.29, 1.82) is 0 Å². The van der Waals surface area contributed by atoms with Gasteiger partial charge in [-0.2, -0.15) is 0 Å². The van der Waals surface area contributed by atoms with E-state index < -0.39 is 0 Å². The van der Waals surface area contributed by atoms with Gasteiger partial charge in [-0.15, -0.1) is 0 Å². The van der Waals surface area contributed by atoms with Crippen LogP contribution in [-0.2, 0) is 22.4 Å². The monoisotopic (exact) mass is 309 g/mol. The lowest BCUT2D eigenvalue weighted by Crippen LogP contribution is -2.27. The van der Waals surface area contributed by atoms with E-state index in [0.29, 0.717) is 25.1 Å². The van der Waals surface area contributed by atoms with E-state index in [1.54, 1.807) is 24.2 Å². The third-order valence-electron chi connectivity index (χ3n) is 4.01. The van der Waals surface area contributed by atoms with E-state index in [4.69, 9.17) is 0 Å². The average molecular weight is 309 g/mol. The molecular weight excluding hydrogens is 290 g/mol. The Bertz CT molecular complexity index is 728. The second-order valence-corrected chi connectivity index (χ2v) is 5.64. The molecule has 2 heterocycles. The molecule has 1 aliphatic rings.